The van der Waals surface area contributed by atoms with Crippen molar-refractivity contribution in [2.75, 3.05) is 25.2 Å². The first-order valence-electron chi connectivity index (χ1n) is 11.7. The van der Waals surface area contributed by atoms with Crippen LogP contribution in [0.4, 0.5) is 11.4 Å². The van der Waals surface area contributed by atoms with E-state index in [1.807, 2.05) is 50.2 Å². The highest BCUT2D eigenvalue weighted by Crippen LogP contribution is 2.47. The van der Waals surface area contributed by atoms with Gasteiger partial charge in [-0.2, -0.15) is 0 Å². The molecule has 1 aliphatic rings. The number of methoxy groups -OCH3 is 1. The molecule has 0 saturated heterocycles. The summed E-state index contributed by atoms with van der Waals surface area (Å²) < 4.78 is 10.9. The summed E-state index contributed by atoms with van der Waals surface area (Å²) in [6.45, 7) is 4.84. The number of ether oxygens (including phenoxy) is 2. The Morgan fingerprint density at radius 2 is 1.79 bits per heavy atom. The zero-order valence-electron chi connectivity index (χ0n) is 19.7. The van der Waals surface area contributed by atoms with Gasteiger partial charge in [-0.15, -0.1) is 0 Å². The molecule has 172 valence electrons. The van der Waals surface area contributed by atoms with Gasteiger partial charge in [-0.3, -0.25) is 4.79 Å². The van der Waals surface area contributed by atoms with E-state index >= 15 is 0 Å². The third-order valence-corrected chi connectivity index (χ3v) is 6.62. The number of pyridine rings is 1. The maximum atomic E-state index is 12.7. The van der Waals surface area contributed by atoms with Crippen LogP contribution in [0, 0.1) is 5.92 Å². The van der Waals surface area contributed by atoms with Crippen LogP contribution in [0.3, 0.4) is 0 Å². The van der Waals surface area contributed by atoms with Crippen LogP contribution in [0.25, 0.3) is 22.2 Å². The molecule has 0 radical (unpaired) electrons. The fraction of sp³-hybridized carbons (Fsp3) is 0.241. The molecular formula is C29H28N2O3. The highest BCUT2D eigenvalue weighted by Gasteiger charge is 2.37. The average molecular weight is 453 g/mol. The van der Waals surface area contributed by atoms with Crippen molar-refractivity contribution in [3.63, 3.8) is 0 Å². The number of para-hydroxylation sites is 1. The van der Waals surface area contributed by atoms with Crippen molar-refractivity contribution in [1.82, 2.24) is 4.98 Å². The number of anilines is 2. The minimum atomic E-state index is -0.280. The molecule has 1 aliphatic heterocycles. The Hall–Kier alpha value is -3.86. The number of rotatable bonds is 6. The van der Waals surface area contributed by atoms with Crippen LogP contribution in [0.2, 0.25) is 0 Å². The predicted octanol–water partition coefficient (Wildman–Crippen LogP) is 6.34. The van der Waals surface area contributed by atoms with Crippen molar-refractivity contribution >= 4 is 28.2 Å². The van der Waals surface area contributed by atoms with Gasteiger partial charge in [0, 0.05) is 29.1 Å². The smallest absolute Gasteiger partial charge is 0.309 e. The second-order valence-electron chi connectivity index (χ2n) is 8.59. The largest absolute Gasteiger partial charge is 0.497 e. The maximum Gasteiger partial charge on any atom is 0.309 e. The Kier molecular flexibility index (Phi) is 5.93. The van der Waals surface area contributed by atoms with E-state index in [0.29, 0.717) is 13.2 Å². The van der Waals surface area contributed by atoms with E-state index in [4.69, 9.17) is 14.5 Å². The molecule has 1 aromatic heterocycles. The summed E-state index contributed by atoms with van der Waals surface area (Å²) >= 11 is 0. The van der Waals surface area contributed by atoms with Crippen LogP contribution < -0.4 is 9.64 Å². The molecule has 3 aromatic carbocycles. The summed E-state index contributed by atoms with van der Waals surface area (Å²) in [4.78, 5) is 20.0. The van der Waals surface area contributed by atoms with Crippen LogP contribution >= 0.6 is 0 Å². The molecule has 5 nitrogen and oxygen atoms in total. The lowest BCUT2D eigenvalue weighted by Crippen LogP contribution is -2.25. The highest BCUT2D eigenvalue weighted by molar-refractivity contribution is 5.97. The Labute approximate surface area is 200 Å². The summed E-state index contributed by atoms with van der Waals surface area (Å²) in [6.07, 6.45) is 0. The molecule has 2 heterocycles. The number of carbonyl (C=O) groups is 1. The molecule has 0 N–H and O–H groups in total. The Morgan fingerprint density at radius 1 is 1.03 bits per heavy atom. The van der Waals surface area contributed by atoms with Crippen LogP contribution in [0.5, 0.6) is 5.75 Å². The molecule has 0 spiro atoms. The van der Waals surface area contributed by atoms with Gasteiger partial charge in [0.2, 0.25) is 0 Å². The van der Waals surface area contributed by atoms with Gasteiger partial charge in [0.05, 0.1) is 36.5 Å². The van der Waals surface area contributed by atoms with Gasteiger partial charge in [0.1, 0.15) is 5.75 Å². The van der Waals surface area contributed by atoms with Crippen LogP contribution in [0.15, 0.2) is 78.9 Å². The minimum Gasteiger partial charge on any atom is -0.497 e. The van der Waals surface area contributed by atoms with Gasteiger partial charge in [0.15, 0.2) is 0 Å². The van der Waals surface area contributed by atoms with Gasteiger partial charge < -0.3 is 14.4 Å². The fourth-order valence-electron chi connectivity index (χ4n) is 4.83. The summed E-state index contributed by atoms with van der Waals surface area (Å²) in [5.41, 5.74) is 6.19. The SMILES string of the molecule is CCOC(=O)C(C)C1CN(c2cc(-c3ccccc3)nc3ccccc23)c2ccc(OC)cc21. The summed E-state index contributed by atoms with van der Waals surface area (Å²) in [5.74, 6) is 0.313. The van der Waals surface area contributed by atoms with E-state index in [1.165, 1.54) is 0 Å². The molecule has 34 heavy (non-hydrogen) atoms. The first-order valence-corrected chi connectivity index (χ1v) is 11.7. The van der Waals surface area contributed by atoms with Crippen LogP contribution in [-0.4, -0.2) is 31.2 Å². The normalized spacial score (nSPS) is 15.7. The highest BCUT2D eigenvalue weighted by atomic mass is 16.5. The van der Waals surface area contributed by atoms with Gasteiger partial charge in [-0.25, -0.2) is 4.98 Å². The molecule has 0 saturated carbocycles. The molecule has 2 unspecified atom stereocenters. The average Bonchev–Trinajstić information content (AvgIpc) is 3.26. The van der Waals surface area contributed by atoms with Gasteiger partial charge >= 0.3 is 5.97 Å². The molecule has 5 heteroatoms. The number of hydrogen-bond donors (Lipinski definition) is 0. The zero-order chi connectivity index (χ0) is 23.7. The lowest BCUT2D eigenvalue weighted by atomic mass is 9.89. The number of fused-ring (bicyclic) bond motifs is 2. The van der Waals surface area contributed by atoms with E-state index in [0.717, 1.165) is 44.8 Å². The number of aromatic nitrogens is 1. The molecule has 4 aromatic rings. The molecule has 0 bridgehead atoms. The number of carbonyl (C=O) groups excluding carboxylic acids is 1. The van der Waals surface area contributed by atoms with Crippen molar-refractivity contribution in [3.8, 4) is 17.0 Å². The molecule has 0 aliphatic carbocycles. The lowest BCUT2D eigenvalue weighted by Gasteiger charge is -2.24. The Balaban J connectivity index is 1.67. The van der Waals surface area contributed by atoms with Crippen LogP contribution in [-0.2, 0) is 9.53 Å². The van der Waals surface area contributed by atoms with E-state index in [1.54, 1.807) is 7.11 Å². The van der Waals surface area contributed by atoms with E-state index in [2.05, 4.69) is 47.4 Å². The second kappa shape index (κ2) is 9.18. The summed E-state index contributed by atoms with van der Waals surface area (Å²) in [7, 11) is 1.67. The third kappa shape index (κ3) is 3.87. The molecular weight excluding hydrogens is 424 g/mol. The second-order valence-corrected chi connectivity index (χ2v) is 8.59. The van der Waals surface area contributed by atoms with Crippen LogP contribution in [0.1, 0.15) is 25.3 Å². The van der Waals surface area contributed by atoms with Crippen molar-refractivity contribution < 1.29 is 14.3 Å². The van der Waals surface area contributed by atoms with Crippen molar-refractivity contribution in [2.24, 2.45) is 5.92 Å². The number of nitrogens with zero attached hydrogens (tertiary/aromatic N) is 2. The first kappa shape index (κ1) is 22.0. The number of hydrogen-bond acceptors (Lipinski definition) is 5. The molecule has 0 fully saturated rings. The fourth-order valence-corrected chi connectivity index (χ4v) is 4.83. The topological polar surface area (TPSA) is 51.7 Å². The van der Waals surface area contributed by atoms with Gasteiger partial charge in [-0.05, 0) is 42.8 Å². The quantitative estimate of drug-likeness (QED) is 0.319. The van der Waals surface area contributed by atoms with Gasteiger partial charge in [0.25, 0.3) is 0 Å². The van der Waals surface area contributed by atoms with Gasteiger partial charge in [-0.1, -0.05) is 55.5 Å². The first-order chi connectivity index (χ1) is 16.6. The zero-order valence-corrected chi connectivity index (χ0v) is 19.7. The van der Waals surface area contributed by atoms with Crippen molar-refractivity contribution in [2.45, 2.75) is 19.8 Å². The van der Waals surface area contributed by atoms with E-state index < -0.39 is 0 Å². The Bertz CT molecular complexity index is 1340. The van der Waals surface area contributed by atoms with Crippen molar-refractivity contribution in [1.29, 1.82) is 0 Å². The summed E-state index contributed by atoms with van der Waals surface area (Å²) in [5, 5.41) is 1.08. The minimum absolute atomic E-state index is 0.0174. The van der Waals surface area contributed by atoms with Crippen molar-refractivity contribution in [3.05, 3.63) is 84.4 Å². The van der Waals surface area contributed by atoms with E-state index in [9.17, 15) is 4.79 Å². The standard InChI is InChI=1S/C29H28N2O3/c1-4-34-29(32)19(2)24-18-31(27-15-14-21(33-3)16-23(24)27)28-17-26(20-10-6-5-7-11-20)30-25-13-9-8-12-22(25)28/h5-17,19,24H,4,18H2,1-3H3. The molecule has 2 atom stereocenters. The monoisotopic (exact) mass is 452 g/mol. The Morgan fingerprint density at radius 3 is 2.56 bits per heavy atom. The number of esters is 1. The number of benzene rings is 3. The third-order valence-electron chi connectivity index (χ3n) is 6.62. The maximum absolute atomic E-state index is 12.7. The predicted molar refractivity (Wildman–Crippen MR) is 136 cm³/mol. The lowest BCUT2D eigenvalue weighted by molar-refractivity contribution is -0.148. The van der Waals surface area contributed by atoms with E-state index in [-0.39, 0.29) is 17.8 Å². The molecule has 0 amide bonds. The summed E-state index contributed by atoms with van der Waals surface area (Å²) in [6, 6.07) is 26.7. The molecule has 5 rings (SSSR count).